The van der Waals surface area contributed by atoms with Crippen LogP contribution in [0.1, 0.15) is 57.7 Å². The molecule has 6 heteroatoms. The average Bonchev–Trinajstić information content (AvgIpc) is 2.68. The van der Waals surface area contributed by atoms with Crippen LogP contribution in [0.15, 0.2) is 35.5 Å². The summed E-state index contributed by atoms with van der Waals surface area (Å²) in [7, 11) is 1.70. The molecule has 2 rings (SSSR count). The molecule has 1 unspecified atom stereocenters. The number of benzene rings is 1. The van der Waals surface area contributed by atoms with E-state index in [1.165, 1.54) is 10.5 Å². The average molecular weight is 388 g/mol. The molecule has 28 heavy (non-hydrogen) atoms. The van der Waals surface area contributed by atoms with Crippen molar-refractivity contribution in [2.75, 3.05) is 33.3 Å². The van der Waals surface area contributed by atoms with Crippen LogP contribution in [0.3, 0.4) is 0 Å². The van der Waals surface area contributed by atoms with E-state index in [-0.39, 0.29) is 18.6 Å². The summed E-state index contributed by atoms with van der Waals surface area (Å²) in [5.41, 5.74) is 3.30. The standard InChI is InChI=1S/C22H33N3O3/c1-7-25(8-2)14-18-19(21(26)28-9-3)20(23-22(27)24(18)6)17-12-10-16(11-13-17)15(4)5/h10-13,15,20H,7-9,14H2,1-6H3,(H,23,27). The number of hydrogen-bond donors (Lipinski definition) is 1. The maximum Gasteiger partial charge on any atom is 0.338 e. The van der Waals surface area contributed by atoms with Crippen molar-refractivity contribution >= 4 is 12.0 Å². The van der Waals surface area contributed by atoms with Gasteiger partial charge in [-0.3, -0.25) is 9.80 Å². The molecule has 1 N–H and O–H groups in total. The number of nitrogens with zero attached hydrogens (tertiary/aromatic N) is 2. The third-order valence-electron chi connectivity index (χ3n) is 5.28. The van der Waals surface area contributed by atoms with Gasteiger partial charge < -0.3 is 10.1 Å². The molecule has 1 atom stereocenters. The lowest BCUT2D eigenvalue weighted by atomic mass is 9.92. The maximum absolute atomic E-state index is 12.9. The summed E-state index contributed by atoms with van der Waals surface area (Å²) < 4.78 is 5.36. The number of urea groups is 1. The van der Waals surface area contributed by atoms with Gasteiger partial charge in [-0.25, -0.2) is 9.59 Å². The molecule has 1 aliphatic heterocycles. The number of esters is 1. The number of hydrogen-bond acceptors (Lipinski definition) is 4. The molecule has 0 bridgehead atoms. The second-order valence-corrected chi connectivity index (χ2v) is 7.31. The van der Waals surface area contributed by atoms with Crippen molar-refractivity contribution in [3.05, 3.63) is 46.7 Å². The smallest absolute Gasteiger partial charge is 0.338 e. The number of carbonyl (C=O) groups excluding carboxylic acids is 2. The molecular formula is C22H33N3O3. The quantitative estimate of drug-likeness (QED) is 0.692. The summed E-state index contributed by atoms with van der Waals surface area (Å²) in [6.07, 6.45) is 0. The molecule has 2 amide bonds. The fourth-order valence-electron chi connectivity index (χ4n) is 3.38. The van der Waals surface area contributed by atoms with Crippen molar-refractivity contribution in [2.24, 2.45) is 0 Å². The molecule has 0 saturated heterocycles. The highest BCUT2D eigenvalue weighted by molar-refractivity contribution is 5.95. The van der Waals surface area contributed by atoms with Crippen LogP contribution in [-0.2, 0) is 9.53 Å². The zero-order valence-corrected chi connectivity index (χ0v) is 17.9. The second kappa shape index (κ2) is 9.73. The zero-order chi connectivity index (χ0) is 20.8. The first-order valence-corrected chi connectivity index (χ1v) is 10.1. The van der Waals surface area contributed by atoms with Crippen LogP contribution in [-0.4, -0.2) is 55.1 Å². The van der Waals surface area contributed by atoms with Crippen molar-refractivity contribution in [2.45, 2.75) is 46.6 Å². The molecule has 0 aliphatic carbocycles. The number of nitrogens with one attached hydrogen (secondary N) is 1. The Bertz CT molecular complexity index is 721. The minimum absolute atomic E-state index is 0.215. The lowest BCUT2D eigenvalue weighted by molar-refractivity contribution is -0.139. The van der Waals surface area contributed by atoms with Gasteiger partial charge in [0.25, 0.3) is 0 Å². The van der Waals surface area contributed by atoms with E-state index in [1.807, 2.05) is 12.1 Å². The van der Waals surface area contributed by atoms with E-state index in [0.29, 0.717) is 23.7 Å². The van der Waals surface area contributed by atoms with Gasteiger partial charge in [0.2, 0.25) is 0 Å². The van der Waals surface area contributed by atoms with Gasteiger partial charge in [0.05, 0.1) is 18.2 Å². The van der Waals surface area contributed by atoms with E-state index in [4.69, 9.17) is 4.74 Å². The number of rotatable bonds is 8. The van der Waals surface area contributed by atoms with E-state index in [0.717, 1.165) is 18.7 Å². The van der Waals surface area contributed by atoms with E-state index >= 15 is 0 Å². The van der Waals surface area contributed by atoms with Crippen LogP contribution in [0.2, 0.25) is 0 Å². The third-order valence-corrected chi connectivity index (χ3v) is 5.28. The minimum atomic E-state index is -0.519. The molecule has 1 aromatic carbocycles. The van der Waals surface area contributed by atoms with Crippen LogP contribution in [0.25, 0.3) is 0 Å². The molecule has 0 spiro atoms. The first-order valence-electron chi connectivity index (χ1n) is 10.1. The molecule has 0 fully saturated rings. The first-order chi connectivity index (χ1) is 13.3. The lowest BCUT2D eigenvalue weighted by Crippen LogP contribution is -2.49. The fraction of sp³-hybridized carbons (Fsp3) is 0.545. The zero-order valence-electron chi connectivity index (χ0n) is 17.9. The molecule has 0 radical (unpaired) electrons. The molecule has 1 aromatic rings. The van der Waals surface area contributed by atoms with Crippen LogP contribution in [0, 0.1) is 0 Å². The van der Waals surface area contributed by atoms with Gasteiger partial charge in [-0.1, -0.05) is 52.0 Å². The van der Waals surface area contributed by atoms with Gasteiger partial charge in [0.1, 0.15) is 0 Å². The Morgan fingerprint density at radius 2 is 1.79 bits per heavy atom. The monoisotopic (exact) mass is 387 g/mol. The molecule has 6 nitrogen and oxygen atoms in total. The van der Waals surface area contributed by atoms with Crippen LogP contribution in [0.4, 0.5) is 4.79 Å². The highest BCUT2D eigenvalue weighted by atomic mass is 16.5. The summed E-state index contributed by atoms with van der Waals surface area (Å²) >= 11 is 0. The van der Waals surface area contributed by atoms with Crippen LogP contribution in [0.5, 0.6) is 0 Å². The normalized spacial score (nSPS) is 17.4. The predicted octanol–water partition coefficient (Wildman–Crippen LogP) is 3.67. The summed E-state index contributed by atoms with van der Waals surface area (Å²) in [6, 6.07) is 7.34. The topological polar surface area (TPSA) is 61.9 Å². The Balaban J connectivity index is 2.55. The first kappa shape index (κ1) is 22.0. The Morgan fingerprint density at radius 1 is 1.18 bits per heavy atom. The second-order valence-electron chi connectivity index (χ2n) is 7.31. The van der Waals surface area contributed by atoms with Gasteiger partial charge in [-0.15, -0.1) is 0 Å². The molecule has 0 aromatic heterocycles. The number of carbonyl (C=O) groups is 2. The molecule has 0 saturated carbocycles. The van der Waals surface area contributed by atoms with E-state index in [9.17, 15) is 9.59 Å². The molecular weight excluding hydrogens is 354 g/mol. The van der Waals surface area contributed by atoms with Gasteiger partial charge in [0.15, 0.2) is 0 Å². The Morgan fingerprint density at radius 3 is 2.29 bits per heavy atom. The Labute approximate surface area is 168 Å². The van der Waals surface area contributed by atoms with E-state index in [1.54, 1.807) is 14.0 Å². The Kier molecular flexibility index (Phi) is 7.63. The summed E-state index contributed by atoms with van der Waals surface area (Å²) in [5.74, 6) is 0.0360. The van der Waals surface area contributed by atoms with Gasteiger partial charge in [-0.05, 0) is 37.1 Å². The highest BCUT2D eigenvalue weighted by Gasteiger charge is 2.37. The van der Waals surface area contributed by atoms with E-state index < -0.39 is 6.04 Å². The summed E-state index contributed by atoms with van der Waals surface area (Å²) in [5, 5.41) is 2.97. The Hall–Kier alpha value is -2.34. The maximum atomic E-state index is 12.9. The predicted molar refractivity (Wildman–Crippen MR) is 111 cm³/mol. The number of amides is 2. The lowest BCUT2D eigenvalue weighted by Gasteiger charge is -2.36. The fourth-order valence-corrected chi connectivity index (χ4v) is 3.38. The van der Waals surface area contributed by atoms with Crippen molar-refractivity contribution in [1.82, 2.24) is 15.1 Å². The van der Waals surface area contributed by atoms with Crippen molar-refractivity contribution in [3.63, 3.8) is 0 Å². The van der Waals surface area contributed by atoms with Crippen LogP contribution >= 0.6 is 0 Å². The molecule has 1 aliphatic rings. The van der Waals surface area contributed by atoms with Crippen molar-refractivity contribution in [3.8, 4) is 0 Å². The van der Waals surface area contributed by atoms with Crippen LogP contribution < -0.4 is 5.32 Å². The summed E-state index contributed by atoms with van der Waals surface area (Å²) in [6.45, 7) is 12.7. The highest BCUT2D eigenvalue weighted by Crippen LogP contribution is 2.32. The van der Waals surface area contributed by atoms with Crippen molar-refractivity contribution in [1.29, 1.82) is 0 Å². The number of likely N-dealkylation sites (N-methyl/N-ethyl adjacent to an activating group) is 2. The summed E-state index contributed by atoms with van der Waals surface area (Å²) in [4.78, 5) is 29.3. The molecule has 154 valence electrons. The van der Waals surface area contributed by atoms with Gasteiger partial charge >= 0.3 is 12.0 Å². The van der Waals surface area contributed by atoms with Gasteiger partial charge in [-0.2, -0.15) is 0 Å². The molecule has 1 heterocycles. The number of ether oxygens (including phenoxy) is 1. The largest absolute Gasteiger partial charge is 0.463 e. The van der Waals surface area contributed by atoms with E-state index in [2.05, 4.69) is 50.0 Å². The van der Waals surface area contributed by atoms with Gasteiger partial charge in [0, 0.05) is 19.3 Å². The minimum Gasteiger partial charge on any atom is -0.463 e. The SMILES string of the molecule is CCOC(=O)C1=C(CN(CC)CC)N(C)C(=O)NC1c1ccc(C(C)C)cc1. The van der Waals surface area contributed by atoms with Crippen molar-refractivity contribution < 1.29 is 14.3 Å². The third kappa shape index (κ3) is 4.73.